The minimum Gasteiger partial charge on any atom is -0.468 e. The molecule has 1 aromatic rings. The maximum atomic E-state index is 12.4. The van der Waals surface area contributed by atoms with Gasteiger partial charge in [0.05, 0.1) is 11.9 Å². The van der Waals surface area contributed by atoms with Crippen LogP contribution >= 0.6 is 0 Å². The molecule has 0 fully saturated rings. The average Bonchev–Trinajstić information content (AvgIpc) is 2.34. The van der Waals surface area contributed by atoms with E-state index in [1.54, 1.807) is 4.72 Å². The number of sulfonamides is 1. The Morgan fingerprint density at radius 1 is 1.23 bits per heavy atom. The van der Waals surface area contributed by atoms with E-state index >= 15 is 0 Å². The first-order chi connectivity index (χ1) is 9.81. The molecule has 0 aliphatic rings. The molecule has 1 aromatic heterocycles. The highest BCUT2D eigenvalue weighted by Crippen LogP contribution is 2.27. The predicted molar refractivity (Wildman–Crippen MR) is 63.8 cm³/mol. The normalized spacial score (nSPS) is 14.5. The fourth-order valence-corrected chi connectivity index (χ4v) is 2.09. The molecule has 0 spiro atoms. The molecular formula is C10H10F6N2O3S. The third-order valence-electron chi connectivity index (χ3n) is 2.31. The van der Waals surface area contributed by atoms with Crippen LogP contribution in [-0.2, 0) is 10.0 Å². The van der Waals surface area contributed by atoms with Gasteiger partial charge in [-0.2, -0.15) is 26.3 Å². The van der Waals surface area contributed by atoms with Crippen LogP contribution in [0.2, 0.25) is 0 Å². The maximum absolute atomic E-state index is 12.4. The van der Waals surface area contributed by atoms with Crippen LogP contribution < -0.4 is 9.46 Å². The van der Waals surface area contributed by atoms with Gasteiger partial charge in [-0.25, -0.2) is 13.4 Å². The summed E-state index contributed by atoms with van der Waals surface area (Å²) in [6.07, 6.45) is -8.80. The lowest BCUT2D eigenvalue weighted by atomic mass is 10.4. The number of hydrogen-bond acceptors (Lipinski definition) is 4. The number of nitrogens with one attached hydrogen (secondary N) is 1. The summed E-state index contributed by atoms with van der Waals surface area (Å²) in [4.78, 5) is 3.36. The van der Waals surface area contributed by atoms with Crippen LogP contribution in [0.4, 0.5) is 32.0 Å². The second-order valence-electron chi connectivity index (χ2n) is 4.12. The second-order valence-corrected chi connectivity index (χ2v) is 6.12. The van der Waals surface area contributed by atoms with E-state index in [0.717, 1.165) is 18.3 Å². The van der Waals surface area contributed by atoms with Crippen molar-refractivity contribution in [3.05, 3.63) is 18.3 Å². The zero-order chi connectivity index (χ0) is 17.2. The Morgan fingerprint density at radius 2 is 1.82 bits per heavy atom. The molecule has 0 aromatic carbocycles. The molecule has 0 saturated carbocycles. The molecule has 22 heavy (non-hydrogen) atoms. The van der Waals surface area contributed by atoms with Gasteiger partial charge >= 0.3 is 12.4 Å². The van der Waals surface area contributed by atoms with Gasteiger partial charge in [0.2, 0.25) is 15.9 Å². The van der Waals surface area contributed by atoms with Gasteiger partial charge in [0.15, 0.2) is 11.9 Å². The summed E-state index contributed by atoms with van der Waals surface area (Å²) >= 11 is 0. The molecular weight excluding hydrogens is 342 g/mol. The van der Waals surface area contributed by atoms with Crippen molar-refractivity contribution in [2.45, 2.75) is 24.5 Å². The molecule has 1 atom stereocenters. The van der Waals surface area contributed by atoms with Crippen LogP contribution in [0.25, 0.3) is 0 Å². The molecule has 1 rings (SSSR count). The Bertz CT molecular complexity index is 597. The topological polar surface area (TPSA) is 68.3 Å². The molecule has 1 N–H and O–H groups in total. The van der Waals surface area contributed by atoms with E-state index in [4.69, 9.17) is 0 Å². The van der Waals surface area contributed by atoms with Crippen LogP contribution in [0.3, 0.4) is 0 Å². The van der Waals surface area contributed by atoms with Crippen molar-refractivity contribution >= 4 is 15.7 Å². The van der Waals surface area contributed by atoms with Gasteiger partial charge < -0.3 is 4.74 Å². The number of ether oxygens (including phenoxy) is 1. The Hall–Kier alpha value is -1.72. The summed E-state index contributed by atoms with van der Waals surface area (Å²) in [5.74, 6) is -0.454. The molecule has 0 saturated heterocycles. The summed E-state index contributed by atoms with van der Waals surface area (Å²) in [6, 6.07) is 1.82. The molecule has 0 radical (unpaired) electrons. The van der Waals surface area contributed by atoms with E-state index in [1.807, 2.05) is 0 Å². The zero-order valence-electron chi connectivity index (χ0n) is 10.9. The number of anilines is 1. The van der Waals surface area contributed by atoms with E-state index < -0.39 is 40.1 Å². The molecule has 1 heterocycles. The standard InChI is InChI=1S/C10H10F6N2O3S/c1-6(10(14,15)16)22(19,20)18-7-2-3-8(17-4-7)21-5-9(11,12)13/h2-4,6,18H,5H2,1H3/t6-/m1/s1. The van der Waals surface area contributed by atoms with Crippen LogP contribution in [0.1, 0.15) is 6.92 Å². The fraction of sp³-hybridized carbons (Fsp3) is 0.500. The Balaban J connectivity index is 2.76. The Kier molecular flexibility index (Phi) is 5.15. The number of nitrogens with zero attached hydrogens (tertiary/aromatic N) is 1. The van der Waals surface area contributed by atoms with Gasteiger partial charge in [0, 0.05) is 6.07 Å². The van der Waals surface area contributed by atoms with Crippen LogP contribution in [0.15, 0.2) is 18.3 Å². The number of pyridine rings is 1. The predicted octanol–water partition coefficient (Wildman–Crippen LogP) is 2.72. The molecule has 0 unspecified atom stereocenters. The van der Waals surface area contributed by atoms with Gasteiger partial charge in [-0.1, -0.05) is 0 Å². The van der Waals surface area contributed by atoms with E-state index in [-0.39, 0.29) is 5.69 Å². The highest BCUT2D eigenvalue weighted by molar-refractivity contribution is 7.93. The van der Waals surface area contributed by atoms with E-state index in [2.05, 4.69) is 9.72 Å². The van der Waals surface area contributed by atoms with Gasteiger partial charge in [-0.3, -0.25) is 4.72 Å². The van der Waals surface area contributed by atoms with E-state index in [9.17, 15) is 34.8 Å². The molecule has 0 bridgehead atoms. The van der Waals surface area contributed by atoms with Crippen molar-refractivity contribution in [1.82, 2.24) is 4.98 Å². The smallest absolute Gasteiger partial charge is 0.422 e. The van der Waals surface area contributed by atoms with Gasteiger partial charge in [0.25, 0.3) is 0 Å². The van der Waals surface area contributed by atoms with Crippen molar-refractivity contribution in [3.8, 4) is 5.88 Å². The van der Waals surface area contributed by atoms with E-state index in [1.165, 1.54) is 0 Å². The van der Waals surface area contributed by atoms with Gasteiger partial charge in [0.1, 0.15) is 0 Å². The van der Waals surface area contributed by atoms with Crippen LogP contribution in [-0.4, -0.2) is 37.6 Å². The summed E-state index contributed by atoms with van der Waals surface area (Å²) < 4.78 is 102. The minimum absolute atomic E-state index is 0.338. The van der Waals surface area contributed by atoms with Crippen molar-refractivity contribution < 1.29 is 39.5 Å². The summed E-state index contributed by atoms with van der Waals surface area (Å²) in [5.41, 5.74) is -0.338. The maximum Gasteiger partial charge on any atom is 0.422 e. The second kappa shape index (κ2) is 6.18. The van der Waals surface area contributed by atoms with Gasteiger partial charge in [-0.05, 0) is 13.0 Å². The lowest BCUT2D eigenvalue weighted by Crippen LogP contribution is -2.37. The summed E-state index contributed by atoms with van der Waals surface area (Å²) in [6.45, 7) is -1.15. The number of hydrogen-bond donors (Lipinski definition) is 1. The molecule has 0 aliphatic carbocycles. The minimum atomic E-state index is -4.96. The monoisotopic (exact) mass is 352 g/mol. The van der Waals surface area contributed by atoms with Crippen molar-refractivity contribution in [3.63, 3.8) is 0 Å². The van der Waals surface area contributed by atoms with Crippen molar-refractivity contribution in [2.75, 3.05) is 11.3 Å². The average molecular weight is 352 g/mol. The third-order valence-corrected chi connectivity index (χ3v) is 4.02. The number of rotatable bonds is 5. The first-order valence-corrected chi connectivity index (χ1v) is 7.10. The number of halogens is 6. The van der Waals surface area contributed by atoms with Gasteiger partial charge in [-0.15, -0.1) is 0 Å². The fourth-order valence-electron chi connectivity index (χ4n) is 1.11. The van der Waals surface area contributed by atoms with Crippen molar-refractivity contribution in [1.29, 1.82) is 0 Å². The SMILES string of the molecule is C[C@H](C(F)(F)F)S(=O)(=O)Nc1ccc(OCC(F)(F)F)nc1. The first kappa shape index (κ1) is 18.3. The molecule has 0 amide bonds. The molecule has 0 aliphatic heterocycles. The first-order valence-electron chi connectivity index (χ1n) is 5.55. The molecule has 5 nitrogen and oxygen atoms in total. The lowest BCUT2D eigenvalue weighted by molar-refractivity contribution is -0.154. The van der Waals surface area contributed by atoms with E-state index in [0.29, 0.717) is 6.92 Å². The summed E-state index contributed by atoms with van der Waals surface area (Å²) in [7, 11) is -4.76. The number of aromatic nitrogens is 1. The lowest BCUT2D eigenvalue weighted by Gasteiger charge is -2.17. The van der Waals surface area contributed by atoms with Crippen molar-refractivity contribution in [2.24, 2.45) is 0 Å². The Labute approximate surface area is 121 Å². The quantitative estimate of drug-likeness (QED) is 0.828. The highest BCUT2D eigenvalue weighted by atomic mass is 32.2. The van der Waals surface area contributed by atoms with Crippen LogP contribution in [0, 0.1) is 0 Å². The molecule has 126 valence electrons. The van der Waals surface area contributed by atoms with Crippen LogP contribution in [0.5, 0.6) is 5.88 Å². The molecule has 12 heteroatoms. The highest BCUT2D eigenvalue weighted by Gasteiger charge is 2.45. The summed E-state index contributed by atoms with van der Waals surface area (Å²) in [5, 5.41) is -2.67. The Morgan fingerprint density at radius 3 is 2.23 bits per heavy atom. The largest absolute Gasteiger partial charge is 0.468 e. The number of alkyl halides is 6. The zero-order valence-corrected chi connectivity index (χ0v) is 11.7. The third kappa shape index (κ3) is 5.58.